The Kier molecular flexibility index (Phi) is 5.42. The molecule has 3 N–H and O–H groups in total. The van der Waals surface area contributed by atoms with E-state index in [1.165, 1.54) is 32.5 Å². The Hall–Kier alpha value is -0.810. The van der Waals surface area contributed by atoms with Gasteiger partial charge in [0, 0.05) is 0 Å². The molecule has 0 aromatic carbocycles. The van der Waals surface area contributed by atoms with Crippen LogP contribution in [0.25, 0.3) is 0 Å². The highest BCUT2D eigenvalue weighted by Crippen LogP contribution is 2.07. The summed E-state index contributed by atoms with van der Waals surface area (Å²) in [4.78, 5) is 4.57. The first-order valence-electron chi connectivity index (χ1n) is 5.59. The van der Waals surface area contributed by atoms with Crippen LogP contribution in [0.3, 0.4) is 0 Å². The maximum Gasteiger partial charge on any atom is 0.153 e. The van der Waals surface area contributed by atoms with Crippen molar-refractivity contribution in [2.45, 2.75) is 19.3 Å². The monoisotopic (exact) mass is 214 g/mol. The smallest absolute Gasteiger partial charge is 0.153 e. The molecular formula is C10H22N4O. The molecule has 0 atom stereocenters. The van der Waals surface area contributed by atoms with E-state index in [-0.39, 0.29) is 5.84 Å². The van der Waals surface area contributed by atoms with Crippen LogP contribution in [-0.2, 0) is 0 Å². The van der Waals surface area contributed by atoms with E-state index in [0.717, 1.165) is 13.0 Å². The number of amidine groups is 1. The molecule has 0 aliphatic carbocycles. The fraction of sp³-hybridized carbons (Fsp3) is 0.900. The lowest BCUT2D eigenvalue weighted by atomic mass is 10.3. The van der Waals surface area contributed by atoms with Crippen molar-refractivity contribution in [1.29, 1.82) is 0 Å². The zero-order valence-electron chi connectivity index (χ0n) is 9.52. The third kappa shape index (κ3) is 4.99. The minimum Gasteiger partial charge on any atom is -0.409 e. The lowest BCUT2D eigenvalue weighted by Crippen LogP contribution is -2.33. The molecule has 0 aromatic heterocycles. The number of hydrogen-bond acceptors (Lipinski definition) is 4. The molecule has 88 valence electrons. The number of likely N-dealkylation sites (tertiary alicyclic amines) is 1. The van der Waals surface area contributed by atoms with E-state index < -0.39 is 0 Å². The van der Waals surface area contributed by atoms with Gasteiger partial charge < -0.3 is 15.8 Å². The first-order valence-corrected chi connectivity index (χ1v) is 5.59. The van der Waals surface area contributed by atoms with E-state index in [0.29, 0.717) is 6.54 Å². The number of likely N-dealkylation sites (N-methyl/N-ethyl adjacent to an activating group) is 1. The molecule has 0 bridgehead atoms. The molecule has 0 aromatic rings. The number of nitrogens with zero attached hydrogens (tertiary/aromatic N) is 3. The van der Waals surface area contributed by atoms with Crippen LogP contribution in [0.15, 0.2) is 5.16 Å². The highest BCUT2D eigenvalue weighted by molar-refractivity contribution is 5.81. The largest absolute Gasteiger partial charge is 0.409 e. The standard InChI is InChI=1S/C10H22N4O/c1-13(9-10(11)12-15)5-4-8-14-6-2-3-7-14/h15H,2-9H2,1H3,(H2,11,12). The van der Waals surface area contributed by atoms with Gasteiger partial charge in [-0.05, 0) is 52.5 Å². The minimum atomic E-state index is 0.277. The molecule has 5 heteroatoms. The van der Waals surface area contributed by atoms with Gasteiger partial charge in [-0.2, -0.15) is 0 Å². The van der Waals surface area contributed by atoms with Crippen LogP contribution in [0, 0.1) is 0 Å². The Labute approximate surface area is 91.5 Å². The number of hydrogen-bond donors (Lipinski definition) is 2. The third-order valence-electron chi connectivity index (χ3n) is 2.77. The summed E-state index contributed by atoms with van der Waals surface area (Å²) in [5, 5.41) is 11.4. The molecule has 1 heterocycles. The van der Waals surface area contributed by atoms with Crippen LogP contribution in [0.2, 0.25) is 0 Å². The summed E-state index contributed by atoms with van der Waals surface area (Å²) in [5.41, 5.74) is 5.42. The Morgan fingerprint density at radius 2 is 2.13 bits per heavy atom. The Bertz CT molecular complexity index is 202. The van der Waals surface area contributed by atoms with Crippen molar-refractivity contribution in [2.75, 3.05) is 39.8 Å². The molecule has 0 saturated carbocycles. The molecule has 1 saturated heterocycles. The zero-order chi connectivity index (χ0) is 11.1. The fourth-order valence-corrected chi connectivity index (χ4v) is 1.96. The van der Waals surface area contributed by atoms with E-state index >= 15 is 0 Å². The molecule has 1 aliphatic heterocycles. The highest BCUT2D eigenvalue weighted by atomic mass is 16.4. The molecule has 1 rings (SSSR count). The quantitative estimate of drug-likeness (QED) is 0.286. The first-order chi connectivity index (χ1) is 7.22. The van der Waals surface area contributed by atoms with Gasteiger partial charge in [-0.1, -0.05) is 5.16 Å². The number of nitrogens with two attached hydrogens (primary N) is 1. The predicted molar refractivity (Wildman–Crippen MR) is 61.2 cm³/mol. The predicted octanol–water partition coefficient (Wildman–Crippen LogP) is 0.151. The molecule has 5 nitrogen and oxygen atoms in total. The Morgan fingerprint density at radius 1 is 1.47 bits per heavy atom. The summed E-state index contributed by atoms with van der Waals surface area (Å²) in [6, 6.07) is 0. The number of oxime groups is 1. The molecule has 0 amide bonds. The van der Waals surface area contributed by atoms with E-state index in [9.17, 15) is 0 Å². The van der Waals surface area contributed by atoms with Gasteiger partial charge in [0.25, 0.3) is 0 Å². The normalized spacial score (nSPS) is 18.9. The van der Waals surface area contributed by atoms with E-state index in [1.54, 1.807) is 0 Å². The third-order valence-corrected chi connectivity index (χ3v) is 2.77. The summed E-state index contributed by atoms with van der Waals surface area (Å²) in [6.45, 7) is 5.21. The average Bonchev–Trinajstić information content (AvgIpc) is 2.70. The lowest BCUT2D eigenvalue weighted by molar-refractivity contribution is 0.288. The molecule has 0 unspecified atom stereocenters. The van der Waals surface area contributed by atoms with Crippen LogP contribution >= 0.6 is 0 Å². The maximum atomic E-state index is 8.41. The summed E-state index contributed by atoms with van der Waals surface area (Å²) in [5.74, 6) is 0.277. The first kappa shape index (κ1) is 12.3. The summed E-state index contributed by atoms with van der Waals surface area (Å²) in [7, 11) is 1.99. The van der Waals surface area contributed by atoms with Crippen LogP contribution in [-0.4, -0.2) is 60.6 Å². The average molecular weight is 214 g/mol. The second-order valence-electron chi connectivity index (χ2n) is 4.23. The van der Waals surface area contributed by atoms with Crippen molar-refractivity contribution in [3.8, 4) is 0 Å². The van der Waals surface area contributed by atoms with Gasteiger partial charge in [0.05, 0.1) is 6.54 Å². The van der Waals surface area contributed by atoms with Crippen molar-refractivity contribution >= 4 is 5.84 Å². The molecule has 1 fully saturated rings. The molecule has 0 spiro atoms. The van der Waals surface area contributed by atoms with Gasteiger partial charge in [-0.3, -0.25) is 4.90 Å². The van der Waals surface area contributed by atoms with Crippen molar-refractivity contribution in [3.05, 3.63) is 0 Å². The van der Waals surface area contributed by atoms with Crippen molar-refractivity contribution in [1.82, 2.24) is 9.80 Å². The van der Waals surface area contributed by atoms with Gasteiger partial charge in [0.2, 0.25) is 0 Å². The summed E-state index contributed by atoms with van der Waals surface area (Å²) >= 11 is 0. The SMILES string of the molecule is CN(CCCN1CCCC1)CC(N)=NO. The van der Waals surface area contributed by atoms with Crippen LogP contribution < -0.4 is 5.73 Å². The molecule has 0 radical (unpaired) electrons. The topological polar surface area (TPSA) is 65.1 Å². The van der Waals surface area contributed by atoms with Crippen molar-refractivity contribution < 1.29 is 5.21 Å². The Balaban J connectivity index is 2.03. The van der Waals surface area contributed by atoms with Crippen LogP contribution in [0.1, 0.15) is 19.3 Å². The zero-order valence-corrected chi connectivity index (χ0v) is 9.52. The van der Waals surface area contributed by atoms with Crippen LogP contribution in [0.4, 0.5) is 0 Å². The number of rotatable bonds is 6. The van der Waals surface area contributed by atoms with Gasteiger partial charge in [0.1, 0.15) is 0 Å². The highest BCUT2D eigenvalue weighted by Gasteiger charge is 2.10. The van der Waals surface area contributed by atoms with Crippen LogP contribution in [0.5, 0.6) is 0 Å². The van der Waals surface area contributed by atoms with E-state index in [1.807, 2.05) is 7.05 Å². The molecule has 15 heavy (non-hydrogen) atoms. The van der Waals surface area contributed by atoms with Gasteiger partial charge >= 0.3 is 0 Å². The summed E-state index contributed by atoms with van der Waals surface area (Å²) < 4.78 is 0. The van der Waals surface area contributed by atoms with E-state index in [4.69, 9.17) is 10.9 Å². The lowest BCUT2D eigenvalue weighted by Gasteiger charge is -2.18. The maximum absolute atomic E-state index is 8.41. The van der Waals surface area contributed by atoms with Gasteiger partial charge in [-0.15, -0.1) is 0 Å². The second kappa shape index (κ2) is 6.63. The molecular weight excluding hydrogens is 192 g/mol. The minimum absolute atomic E-state index is 0.277. The summed E-state index contributed by atoms with van der Waals surface area (Å²) in [6.07, 6.45) is 3.84. The van der Waals surface area contributed by atoms with Gasteiger partial charge in [0.15, 0.2) is 5.84 Å². The molecule has 1 aliphatic rings. The van der Waals surface area contributed by atoms with E-state index in [2.05, 4.69) is 15.0 Å². The fourth-order valence-electron chi connectivity index (χ4n) is 1.96. The van der Waals surface area contributed by atoms with Crippen molar-refractivity contribution in [3.63, 3.8) is 0 Å². The van der Waals surface area contributed by atoms with Gasteiger partial charge in [-0.25, -0.2) is 0 Å². The Morgan fingerprint density at radius 3 is 2.73 bits per heavy atom. The second-order valence-corrected chi connectivity index (χ2v) is 4.23. The van der Waals surface area contributed by atoms with Crippen molar-refractivity contribution in [2.24, 2.45) is 10.9 Å².